The van der Waals surface area contributed by atoms with Crippen molar-refractivity contribution >= 4 is 21.5 Å². The summed E-state index contributed by atoms with van der Waals surface area (Å²) in [6.07, 6.45) is 0. The van der Waals surface area contributed by atoms with Gasteiger partial charge in [-0.2, -0.15) is 0 Å². The minimum atomic E-state index is 0.466. The molecule has 0 aliphatic rings. The average molecular weight is 337 g/mol. The van der Waals surface area contributed by atoms with Crippen LogP contribution in [0.25, 0.3) is 32.7 Å². The predicted octanol–water partition coefficient (Wildman–Crippen LogP) is 7.71. The van der Waals surface area contributed by atoms with Gasteiger partial charge in [0.15, 0.2) is 0 Å². The molecule has 4 aromatic carbocycles. The molecule has 0 fully saturated rings. The molecule has 0 bridgehead atoms. The first-order chi connectivity index (χ1) is 12.5. The number of benzene rings is 4. The summed E-state index contributed by atoms with van der Waals surface area (Å²) in [6, 6.07) is 28.1. The van der Waals surface area contributed by atoms with E-state index in [0.29, 0.717) is 11.8 Å². The summed E-state index contributed by atoms with van der Waals surface area (Å²) in [5.41, 5.74) is 5.24. The van der Waals surface area contributed by atoms with Crippen molar-refractivity contribution in [3.8, 4) is 11.1 Å². The van der Waals surface area contributed by atoms with E-state index in [1.165, 1.54) is 43.8 Å². The Kier molecular flexibility index (Phi) is 4.28. The Morgan fingerprint density at radius 2 is 1.08 bits per heavy atom. The van der Waals surface area contributed by atoms with E-state index in [4.69, 9.17) is 0 Å². The van der Waals surface area contributed by atoms with E-state index in [1.807, 2.05) is 0 Å². The Morgan fingerprint density at radius 3 is 1.54 bits per heavy atom. The third-order valence-corrected chi connectivity index (χ3v) is 5.21. The quantitative estimate of drug-likeness (QED) is 0.336. The standard InChI is InChI=1S/C26H25/c1-17(2)21-14-22(18(3)4)16-23(15-21)26-24-11-7-5-9-19(24)13-20-10-6-8-12-25(20)26/h5-13,15-18H,1-4H3. The van der Waals surface area contributed by atoms with Crippen LogP contribution in [0.3, 0.4) is 0 Å². The van der Waals surface area contributed by atoms with Gasteiger partial charge in [0, 0.05) is 0 Å². The van der Waals surface area contributed by atoms with Gasteiger partial charge in [-0.25, -0.2) is 0 Å². The maximum Gasteiger partial charge on any atom is -0.00266 e. The van der Waals surface area contributed by atoms with E-state index in [0.717, 1.165) is 0 Å². The zero-order valence-electron chi connectivity index (χ0n) is 16.0. The van der Waals surface area contributed by atoms with Crippen molar-refractivity contribution in [2.24, 2.45) is 0 Å². The Labute approximate surface area is 156 Å². The molecule has 0 heteroatoms. The highest BCUT2D eigenvalue weighted by Gasteiger charge is 2.14. The van der Waals surface area contributed by atoms with Gasteiger partial charge >= 0.3 is 0 Å². The summed E-state index contributed by atoms with van der Waals surface area (Å²) >= 11 is 0. The third kappa shape index (κ3) is 2.90. The Hall–Kier alpha value is -2.60. The van der Waals surface area contributed by atoms with Gasteiger partial charge in [0.25, 0.3) is 0 Å². The monoisotopic (exact) mass is 337 g/mol. The molecule has 0 saturated heterocycles. The van der Waals surface area contributed by atoms with E-state index in [2.05, 4.69) is 100 Å². The highest BCUT2D eigenvalue weighted by atomic mass is 14.2. The second-order valence-electron chi connectivity index (χ2n) is 7.78. The number of hydrogen-bond acceptors (Lipinski definition) is 0. The number of hydrogen-bond donors (Lipinski definition) is 0. The van der Waals surface area contributed by atoms with Crippen molar-refractivity contribution in [3.63, 3.8) is 0 Å². The maximum atomic E-state index is 3.65. The fourth-order valence-electron chi connectivity index (χ4n) is 3.71. The van der Waals surface area contributed by atoms with Gasteiger partial charge in [0.2, 0.25) is 0 Å². The highest BCUT2D eigenvalue weighted by molar-refractivity contribution is 6.12. The predicted molar refractivity (Wildman–Crippen MR) is 114 cm³/mol. The van der Waals surface area contributed by atoms with Crippen LogP contribution in [0.1, 0.15) is 50.7 Å². The molecule has 0 heterocycles. The van der Waals surface area contributed by atoms with Gasteiger partial charge in [-0.15, -0.1) is 0 Å². The first-order valence-electron chi connectivity index (χ1n) is 9.52. The van der Waals surface area contributed by atoms with Gasteiger partial charge in [0.1, 0.15) is 0 Å². The Balaban J connectivity index is 2.13. The topological polar surface area (TPSA) is 0 Å². The average Bonchev–Trinajstić information content (AvgIpc) is 2.65. The molecule has 0 saturated carbocycles. The molecule has 4 aromatic rings. The lowest BCUT2D eigenvalue weighted by Crippen LogP contribution is -1.96. The van der Waals surface area contributed by atoms with Crippen LogP contribution < -0.4 is 0 Å². The van der Waals surface area contributed by atoms with E-state index < -0.39 is 0 Å². The first-order valence-corrected chi connectivity index (χ1v) is 9.52. The van der Waals surface area contributed by atoms with Crippen molar-refractivity contribution in [2.75, 3.05) is 0 Å². The van der Waals surface area contributed by atoms with Crippen LogP contribution in [0.4, 0.5) is 0 Å². The molecule has 0 unspecified atom stereocenters. The molecule has 0 aromatic heterocycles. The normalized spacial score (nSPS) is 11.8. The fourth-order valence-corrected chi connectivity index (χ4v) is 3.71. The van der Waals surface area contributed by atoms with Gasteiger partial charge in [0.05, 0.1) is 0 Å². The molecule has 0 amide bonds. The summed E-state index contributed by atoms with van der Waals surface area (Å²) in [5, 5.41) is 5.24. The highest BCUT2D eigenvalue weighted by Crippen LogP contribution is 2.38. The number of rotatable bonds is 3. The Morgan fingerprint density at radius 1 is 0.615 bits per heavy atom. The molecule has 26 heavy (non-hydrogen) atoms. The summed E-state index contributed by atoms with van der Waals surface area (Å²) in [7, 11) is 0. The van der Waals surface area contributed by atoms with E-state index in [9.17, 15) is 0 Å². The van der Waals surface area contributed by atoms with Crippen LogP contribution in [0.5, 0.6) is 0 Å². The number of fused-ring (bicyclic) bond motifs is 2. The van der Waals surface area contributed by atoms with Crippen LogP contribution in [0.15, 0.2) is 66.7 Å². The minimum Gasteiger partial charge on any atom is -0.0616 e. The molecule has 0 nitrogen and oxygen atoms in total. The third-order valence-electron chi connectivity index (χ3n) is 5.21. The lowest BCUT2D eigenvalue weighted by Gasteiger charge is -2.17. The van der Waals surface area contributed by atoms with Crippen molar-refractivity contribution in [2.45, 2.75) is 39.5 Å². The summed E-state index contributed by atoms with van der Waals surface area (Å²) < 4.78 is 0. The molecule has 0 aliphatic carbocycles. The molecule has 0 spiro atoms. The van der Waals surface area contributed by atoms with Crippen LogP contribution in [-0.4, -0.2) is 0 Å². The lowest BCUT2D eigenvalue weighted by molar-refractivity contribution is 0.831. The molecular formula is C26H25. The van der Waals surface area contributed by atoms with Gasteiger partial charge in [-0.05, 0) is 67.8 Å². The van der Waals surface area contributed by atoms with Gasteiger partial charge < -0.3 is 0 Å². The van der Waals surface area contributed by atoms with Crippen molar-refractivity contribution in [1.82, 2.24) is 0 Å². The van der Waals surface area contributed by atoms with Crippen molar-refractivity contribution < 1.29 is 0 Å². The van der Waals surface area contributed by atoms with Crippen LogP contribution in [0.2, 0.25) is 0 Å². The van der Waals surface area contributed by atoms with Gasteiger partial charge in [-0.1, -0.05) is 88.4 Å². The molecular weight excluding hydrogens is 312 g/mol. The second kappa shape index (κ2) is 6.61. The van der Waals surface area contributed by atoms with E-state index in [-0.39, 0.29) is 0 Å². The lowest BCUT2D eigenvalue weighted by atomic mass is 9.87. The first kappa shape index (κ1) is 16.8. The molecule has 129 valence electrons. The SMILES string of the molecule is CC(C)c1[c]c(C(C)C)cc(-c2c3ccccc3cc3ccccc23)c1. The zero-order valence-corrected chi connectivity index (χ0v) is 16.0. The molecule has 4 rings (SSSR count). The fraction of sp³-hybridized carbons (Fsp3) is 0.231. The molecule has 0 aliphatic heterocycles. The van der Waals surface area contributed by atoms with Crippen LogP contribution in [0, 0.1) is 6.07 Å². The summed E-state index contributed by atoms with van der Waals surface area (Å²) in [4.78, 5) is 0. The van der Waals surface area contributed by atoms with Gasteiger partial charge in [-0.3, -0.25) is 0 Å². The summed E-state index contributed by atoms with van der Waals surface area (Å²) in [6.45, 7) is 9.00. The Bertz CT molecular complexity index is 1000. The molecule has 1 radical (unpaired) electrons. The van der Waals surface area contributed by atoms with Crippen molar-refractivity contribution in [3.05, 3.63) is 83.9 Å². The minimum absolute atomic E-state index is 0.466. The zero-order chi connectivity index (χ0) is 18.3. The van der Waals surface area contributed by atoms with Crippen molar-refractivity contribution in [1.29, 1.82) is 0 Å². The largest absolute Gasteiger partial charge is 0.0616 e. The second-order valence-corrected chi connectivity index (χ2v) is 7.78. The van der Waals surface area contributed by atoms with Crippen LogP contribution in [-0.2, 0) is 0 Å². The molecule has 0 N–H and O–H groups in total. The maximum absolute atomic E-state index is 3.65. The summed E-state index contributed by atoms with van der Waals surface area (Å²) in [5.74, 6) is 0.933. The van der Waals surface area contributed by atoms with E-state index in [1.54, 1.807) is 0 Å². The van der Waals surface area contributed by atoms with E-state index >= 15 is 0 Å². The van der Waals surface area contributed by atoms with Crippen LogP contribution >= 0.6 is 0 Å². The smallest absolute Gasteiger partial charge is 0.00266 e. The molecule has 0 atom stereocenters.